The van der Waals surface area contributed by atoms with Crippen LogP contribution in [0, 0.1) is 11.8 Å². The molecule has 0 radical (unpaired) electrons. The van der Waals surface area contributed by atoms with Crippen molar-refractivity contribution in [2.75, 3.05) is 0 Å². The van der Waals surface area contributed by atoms with Crippen LogP contribution in [0.15, 0.2) is 0 Å². The van der Waals surface area contributed by atoms with Crippen molar-refractivity contribution in [2.24, 2.45) is 11.8 Å². The molecular weight excluding hydrogens is 247 g/mol. The molecule has 0 saturated heterocycles. The van der Waals surface area contributed by atoms with Gasteiger partial charge in [-0.1, -0.05) is 64.7 Å². The second kappa shape index (κ2) is 8.02. The molecule has 0 aliphatic heterocycles. The van der Waals surface area contributed by atoms with E-state index < -0.39 is 0 Å². The molecule has 2 aliphatic carbocycles. The van der Waals surface area contributed by atoms with Gasteiger partial charge in [0.2, 0.25) is 0 Å². The van der Waals surface area contributed by atoms with Crippen molar-refractivity contribution < 1.29 is 0 Å². The fourth-order valence-corrected chi connectivity index (χ4v) is 5.57. The molecule has 0 nitrogen and oxygen atoms in total. The van der Waals surface area contributed by atoms with Crippen LogP contribution < -0.4 is 0 Å². The normalized spacial score (nSPS) is 22.4. The topological polar surface area (TPSA) is 0 Å². The van der Waals surface area contributed by atoms with E-state index in [9.17, 15) is 0 Å². The van der Waals surface area contributed by atoms with Gasteiger partial charge >= 0.3 is 0 Å². The zero-order valence-electron chi connectivity index (χ0n) is 13.1. The highest BCUT2D eigenvalue weighted by molar-refractivity contribution is 7.19. The van der Waals surface area contributed by atoms with Gasteiger partial charge in [-0.25, -0.2) is 0 Å². The Morgan fingerprint density at radius 2 is 1.26 bits per heavy atom. The van der Waals surface area contributed by atoms with Gasteiger partial charge < -0.3 is 0 Å². The first kappa shape index (κ1) is 15.8. The predicted octanol–water partition coefficient (Wildman–Crippen LogP) is 6.34. The molecule has 2 saturated carbocycles. The van der Waals surface area contributed by atoms with E-state index in [-0.39, 0.29) is 0 Å². The molecule has 2 rings (SSSR count). The maximum atomic E-state index is 3.40. The van der Waals surface area contributed by atoms with E-state index in [0.717, 1.165) is 11.8 Å². The Hall–Kier alpha value is 0.430. The average Bonchev–Trinajstić information content (AvgIpc) is 3.11. The van der Waals surface area contributed by atoms with Gasteiger partial charge in [0, 0.05) is 0 Å². The second-order valence-corrected chi connectivity index (χ2v) is 8.31. The van der Waals surface area contributed by atoms with Crippen LogP contribution in [-0.2, 0) is 0 Å². The van der Waals surface area contributed by atoms with E-state index in [0.29, 0.717) is 5.16 Å². The SMILES string of the molecule is CCCCCCCC(P)(C1CCCC1)C1CCCC1. The Kier molecular flexibility index (Phi) is 6.67. The number of hydrogen-bond donors (Lipinski definition) is 0. The van der Waals surface area contributed by atoms with Gasteiger partial charge in [0.15, 0.2) is 0 Å². The summed E-state index contributed by atoms with van der Waals surface area (Å²) in [7, 11) is 3.40. The van der Waals surface area contributed by atoms with Crippen LogP contribution in [0.1, 0.15) is 96.8 Å². The van der Waals surface area contributed by atoms with Gasteiger partial charge in [0.1, 0.15) is 0 Å². The molecule has 1 heteroatoms. The predicted molar refractivity (Wildman–Crippen MR) is 89.7 cm³/mol. The largest absolute Gasteiger partial charge is 0.131 e. The average molecular weight is 282 g/mol. The number of unbranched alkanes of at least 4 members (excludes halogenated alkanes) is 4. The summed E-state index contributed by atoms with van der Waals surface area (Å²) in [4.78, 5) is 0. The number of hydrogen-bond acceptors (Lipinski definition) is 0. The zero-order chi connectivity index (χ0) is 13.6. The van der Waals surface area contributed by atoms with Crippen molar-refractivity contribution in [2.45, 2.75) is 102 Å². The Morgan fingerprint density at radius 1 is 0.789 bits per heavy atom. The molecule has 1 atom stereocenters. The van der Waals surface area contributed by atoms with E-state index >= 15 is 0 Å². The molecule has 0 aromatic rings. The molecule has 112 valence electrons. The van der Waals surface area contributed by atoms with Crippen molar-refractivity contribution in [3.8, 4) is 0 Å². The van der Waals surface area contributed by atoms with Crippen molar-refractivity contribution in [3.63, 3.8) is 0 Å². The Balaban J connectivity index is 1.85. The maximum absolute atomic E-state index is 3.40. The summed E-state index contributed by atoms with van der Waals surface area (Å²) in [6.45, 7) is 2.32. The van der Waals surface area contributed by atoms with Crippen LogP contribution >= 0.6 is 9.24 Å². The van der Waals surface area contributed by atoms with Crippen molar-refractivity contribution >= 4 is 9.24 Å². The lowest BCUT2D eigenvalue weighted by Gasteiger charge is -2.41. The summed E-state index contributed by atoms with van der Waals surface area (Å²) >= 11 is 0. The molecule has 0 spiro atoms. The molecule has 0 amide bonds. The van der Waals surface area contributed by atoms with Gasteiger partial charge in [0.25, 0.3) is 0 Å². The van der Waals surface area contributed by atoms with Crippen LogP contribution in [0.2, 0.25) is 0 Å². The van der Waals surface area contributed by atoms with E-state index in [1.807, 2.05) is 0 Å². The van der Waals surface area contributed by atoms with Crippen molar-refractivity contribution in [1.29, 1.82) is 0 Å². The van der Waals surface area contributed by atoms with Gasteiger partial charge in [-0.2, -0.15) is 0 Å². The van der Waals surface area contributed by atoms with Crippen LogP contribution in [0.25, 0.3) is 0 Å². The third-order valence-corrected chi connectivity index (χ3v) is 7.18. The Morgan fingerprint density at radius 3 is 1.74 bits per heavy atom. The summed E-state index contributed by atoms with van der Waals surface area (Å²) in [5.41, 5.74) is 0. The monoisotopic (exact) mass is 282 g/mol. The summed E-state index contributed by atoms with van der Waals surface area (Å²) in [5, 5.41) is 0.624. The second-order valence-electron chi connectivity index (χ2n) is 7.24. The zero-order valence-corrected chi connectivity index (χ0v) is 14.3. The first-order valence-electron chi connectivity index (χ1n) is 9.06. The van der Waals surface area contributed by atoms with E-state index in [1.165, 1.54) is 89.9 Å². The van der Waals surface area contributed by atoms with Gasteiger partial charge in [-0.3, -0.25) is 0 Å². The maximum Gasteiger partial charge on any atom is -0.00938 e. The van der Waals surface area contributed by atoms with E-state index in [1.54, 1.807) is 0 Å². The van der Waals surface area contributed by atoms with Gasteiger partial charge in [-0.15, -0.1) is 9.24 Å². The highest BCUT2D eigenvalue weighted by Crippen LogP contribution is 2.52. The van der Waals surface area contributed by atoms with E-state index in [2.05, 4.69) is 16.2 Å². The van der Waals surface area contributed by atoms with E-state index in [4.69, 9.17) is 0 Å². The molecule has 0 N–H and O–H groups in total. The summed E-state index contributed by atoms with van der Waals surface area (Å²) in [6, 6.07) is 0. The lowest BCUT2D eigenvalue weighted by atomic mass is 9.75. The molecule has 0 heterocycles. The fourth-order valence-electron chi connectivity index (χ4n) is 4.70. The Bertz CT molecular complexity index is 220. The standard InChI is InChI=1S/C18H35P/c1-2-3-4-5-10-15-18(19,16-11-6-7-12-16)17-13-8-9-14-17/h16-17H,2-15,19H2,1H3. The van der Waals surface area contributed by atoms with Gasteiger partial charge in [0.05, 0.1) is 0 Å². The lowest BCUT2D eigenvalue weighted by Crippen LogP contribution is -2.37. The highest BCUT2D eigenvalue weighted by atomic mass is 31.0. The Labute approximate surface area is 123 Å². The lowest BCUT2D eigenvalue weighted by molar-refractivity contribution is 0.249. The van der Waals surface area contributed by atoms with Crippen LogP contribution in [0.3, 0.4) is 0 Å². The minimum Gasteiger partial charge on any atom is -0.131 e. The molecule has 0 bridgehead atoms. The molecule has 2 fully saturated rings. The third kappa shape index (κ3) is 4.20. The summed E-state index contributed by atoms with van der Waals surface area (Å²) < 4.78 is 0. The quantitative estimate of drug-likeness (QED) is 0.360. The minimum absolute atomic E-state index is 0.624. The third-order valence-electron chi connectivity index (χ3n) is 5.94. The molecule has 1 unspecified atom stereocenters. The number of rotatable bonds is 8. The molecular formula is C18H35P. The van der Waals surface area contributed by atoms with Crippen molar-refractivity contribution in [1.82, 2.24) is 0 Å². The fraction of sp³-hybridized carbons (Fsp3) is 1.00. The first-order valence-corrected chi connectivity index (χ1v) is 9.64. The van der Waals surface area contributed by atoms with Crippen molar-refractivity contribution in [3.05, 3.63) is 0 Å². The molecule has 0 aromatic carbocycles. The highest BCUT2D eigenvalue weighted by Gasteiger charge is 2.42. The minimum atomic E-state index is 0.624. The molecule has 19 heavy (non-hydrogen) atoms. The van der Waals surface area contributed by atoms with Gasteiger partial charge in [-0.05, 0) is 49.1 Å². The summed E-state index contributed by atoms with van der Waals surface area (Å²) in [5.74, 6) is 2.07. The smallest absolute Gasteiger partial charge is 0.00938 e. The molecule has 0 aromatic heterocycles. The summed E-state index contributed by atoms with van der Waals surface area (Å²) in [6.07, 6.45) is 20.8. The molecule has 2 aliphatic rings. The first-order chi connectivity index (χ1) is 9.27. The van der Waals surface area contributed by atoms with Crippen LogP contribution in [-0.4, -0.2) is 5.16 Å². The van der Waals surface area contributed by atoms with Crippen LogP contribution in [0.5, 0.6) is 0 Å². The van der Waals surface area contributed by atoms with Crippen LogP contribution in [0.4, 0.5) is 0 Å².